The lowest BCUT2D eigenvalue weighted by Crippen LogP contribution is -2.71. The zero-order valence-corrected chi connectivity index (χ0v) is 41.0. The Balaban J connectivity index is 2.07. The molecule has 1 saturated carbocycles. The Morgan fingerprint density at radius 2 is 1.21 bits per heavy atom. The van der Waals surface area contributed by atoms with E-state index in [2.05, 4.69) is 21.3 Å². The smallest absolute Gasteiger partial charge is 0.410 e. The maximum absolute atomic E-state index is 13.7. The minimum Gasteiger partial charge on any atom is -0.444 e. The van der Waals surface area contributed by atoms with Crippen LogP contribution in [0.3, 0.4) is 0 Å². The van der Waals surface area contributed by atoms with E-state index in [1.54, 1.807) is 83.1 Å². The third kappa shape index (κ3) is 17.7. The van der Waals surface area contributed by atoms with E-state index in [-0.39, 0.29) is 25.9 Å². The summed E-state index contributed by atoms with van der Waals surface area (Å²) in [7, 11) is 1.31. The SMILES string of the molecule is CN(C(=O)OC(C)(C)C)[C@@H]1C(O)[C@@H](OC2C(O)C(O[C@H]3O[C@H](CN)CCC3NC(=O)OC(C)(C)C)[C@@H](NC(=O)OC(C)(C)C)C[C@H]2NC(=O)[C@@H](O)CCNC(=O)OC(C)(C)C)OCC1(C)O. The number of nitrogens with two attached hydrogens (primary N) is 1. The molecule has 0 bridgehead atoms. The van der Waals surface area contributed by atoms with Gasteiger partial charge in [0, 0.05) is 20.1 Å². The summed E-state index contributed by atoms with van der Waals surface area (Å²) in [6.07, 6.45) is -15.3. The number of alkyl carbamates (subject to hydrolysis) is 3. The molecule has 10 N–H and O–H groups in total. The molecule has 5 amide bonds. The molecule has 3 rings (SSSR count). The van der Waals surface area contributed by atoms with E-state index in [1.807, 2.05) is 0 Å². The summed E-state index contributed by atoms with van der Waals surface area (Å²) in [6.45, 7) is 20.7. The molecular formula is C43H78N6O17. The summed E-state index contributed by atoms with van der Waals surface area (Å²) in [5.41, 5.74) is 0.557. The van der Waals surface area contributed by atoms with Crippen molar-refractivity contribution >= 4 is 30.3 Å². The van der Waals surface area contributed by atoms with Crippen LogP contribution in [0.15, 0.2) is 0 Å². The molecule has 382 valence electrons. The van der Waals surface area contributed by atoms with Crippen LogP contribution in [0.4, 0.5) is 19.2 Å². The topological polar surface area (TPSA) is 317 Å². The van der Waals surface area contributed by atoms with E-state index in [0.29, 0.717) is 12.8 Å². The Labute approximate surface area is 387 Å². The van der Waals surface area contributed by atoms with E-state index in [0.717, 1.165) is 4.90 Å². The zero-order chi connectivity index (χ0) is 50.3. The Bertz CT molecular complexity index is 1640. The molecule has 23 heteroatoms. The zero-order valence-electron chi connectivity index (χ0n) is 41.0. The van der Waals surface area contributed by atoms with Crippen molar-refractivity contribution in [2.75, 3.05) is 26.7 Å². The Morgan fingerprint density at radius 3 is 1.73 bits per heavy atom. The highest BCUT2D eigenvalue weighted by Gasteiger charge is 2.55. The lowest BCUT2D eigenvalue weighted by molar-refractivity contribution is -0.314. The summed E-state index contributed by atoms with van der Waals surface area (Å²) in [4.78, 5) is 66.7. The van der Waals surface area contributed by atoms with Crippen molar-refractivity contribution in [2.45, 2.75) is 217 Å². The van der Waals surface area contributed by atoms with Crippen molar-refractivity contribution in [1.82, 2.24) is 26.2 Å². The highest BCUT2D eigenvalue weighted by Crippen LogP contribution is 2.35. The van der Waals surface area contributed by atoms with E-state index in [4.69, 9.17) is 43.6 Å². The Hall–Kier alpha value is -3.81. The van der Waals surface area contributed by atoms with Crippen LogP contribution in [0, 0.1) is 0 Å². The lowest BCUT2D eigenvalue weighted by atomic mass is 9.82. The summed E-state index contributed by atoms with van der Waals surface area (Å²) in [5, 5.41) is 57.3. The average Bonchev–Trinajstić information content (AvgIpc) is 3.12. The molecule has 0 aromatic carbocycles. The molecule has 66 heavy (non-hydrogen) atoms. The molecule has 0 radical (unpaired) electrons. The number of rotatable bonds is 13. The van der Waals surface area contributed by atoms with Gasteiger partial charge in [-0.25, -0.2) is 19.2 Å². The van der Waals surface area contributed by atoms with Crippen molar-refractivity contribution in [3.8, 4) is 0 Å². The number of carbonyl (C=O) groups excluding carboxylic acids is 5. The van der Waals surface area contributed by atoms with Gasteiger partial charge in [0.05, 0.1) is 36.9 Å². The van der Waals surface area contributed by atoms with Gasteiger partial charge in [0.2, 0.25) is 5.91 Å². The summed E-state index contributed by atoms with van der Waals surface area (Å²) in [6, 6.07) is -4.82. The second-order valence-electron chi connectivity index (χ2n) is 21.3. The predicted molar refractivity (Wildman–Crippen MR) is 235 cm³/mol. The molecule has 0 aromatic rings. The third-order valence-electron chi connectivity index (χ3n) is 10.3. The number of aliphatic hydroxyl groups excluding tert-OH is 3. The number of nitrogens with zero attached hydrogens (tertiary/aromatic N) is 1. The number of amides is 5. The number of carbonyl (C=O) groups is 5. The van der Waals surface area contributed by atoms with Gasteiger partial charge in [-0.3, -0.25) is 4.79 Å². The maximum Gasteiger partial charge on any atom is 0.410 e. The van der Waals surface area contributed by atoms with Crippen LogP contribution in [0.1, 0.15) is 116 Å². The van der Waals surface area contributed by atoms with Crippen LogP contribution in [0.2, 0.25) is 0 Å². The first-order chi connectivity index (χ1) is 30.1. The molecule has 2 saturated heterocycles. The van der Waals surface area contributed by atoms with Crippen LogP contribution in [0.5, 0.6) is 0 Å². The van der Waals surface area contributed by atoms with Gasteiger partial charge >= 0.3 is 24.4 Å². The number of ether oxygens (including phenoxy) is 8. The van der Waals surface area contributed by atoms with Gasteiger partial charge in [-0.15, -0.1) is 0 Å². The Morgan fingerprint density at radius 1 is 0.727 bits per heavy atom. The number of hydrogen-bond donors (Lipinski definition) is 9. The van der Waals surface area contributed by atoms with Gasteiger partial charge in [-0.2, -0.15) is 0 Å². The van der Waals surface area contributed by atoms with Crippen molar-refractivity contribution in [3.05, 3.63) is 0 Å². The molecule has 2 aliphatic heterocycles. The largest absolute Gasteiger partial charge is 0.444 e. The van der Waals surface area contributed by atoms with Crippen LogP contribution in [-0.4, -0.2) is 184 Å². The molecule has 13 atom stereocenters. The summed E-state index contributed by atoms with van der Waals surface area (Å²) >= 11 is 0. The molecule has 6 unspecified atom stereocenters. The quantitative estimate of drug-likeness (QED) is 0.117. The fourth-order valence-corrected chi connectivity index (χ4v) is 7.56. The number of likely N-dealkylation sites (N-methyl/N-ethyl adjacent to an activating group) is 1. The monoisotopic (exact) mass is 951 g/mol. The predicted octanol–water partition coefficient (Wildman–Crippen LogP) is 1.24. The highest BCUT2D eigenvalue weighted by atomic mass is 16.7. The van der Waals surface area contributed by atoms with Crippen molar-refractivity contribution < 1.29 is 82.3 Å². The van der Waals surface area contributed by atoms with Crippen molar-refractivity contribution in [1.29, 1.82) is 0 Å². The van der Waals surface area contributed by atoms with E-state index < -0.39 is 138 Å². The standard InChI is InChI=1S/C43H78N6O17/c1-39(2,3)63-35(54)45-18-17-26(50)32(53)46-24-19-25(48-37(56)65-41(7,8)9)30(61-33-23(16-15-22(20-44)60-33)47-36(55)64-40(4,5)6)27(51)29(24)62-34-28(52)31(43(13,58)21-59-34)49(14)38(57)66-42(10,11)12/h22-31,33-34,50-52,58H,15-21,44H2,1-14H3,(H,45,54)(H,46,53)(H,47,55)(H,48,56)/t22-,23?,24+,25-,26-,27?,28?,29?,30?,31+,33+,34+,43?/m0/s1. The molecular weight excluding hydrogens is 872 g/mol. The lowest BCUT2D eigenvalue weighted by Gasteiger charge is -2.51. The van der Waals surface area contributed by atoms with E-state index in [1.165, 1.54) is 14.0 Å². The van der Waals surface area contributed by atoms with Gasteiger partial charge in [0.1, 0.15) is 58.5 Å². The fraction of sp³-hybridized carbons (Fsp3) is 0.884. The molecule has 23 nitrogen and oxygen atoms in total. The van der Waals surface area contributed by atoms with E-state index >= 15 is 0 Å². The number of aliphatic hydroxyl groups is 4. The maximum atomic E-state index is 13.7. The van der Waals surface area contributed by atoms with Crippen molar-refractivity contribution in [3.63, 3.8) is 0 Å². The summed E-state index contributed by atoms with van der Waals surface area (Å²) in [5.74, 6) is -0.971. The molecule has 1 aliphatic carbocycles. The normalized spacial score (nSPS) is 31.3. The molecule has 2 heterocycles. The average molecular weight is 951 g/mol. The van der Waals surface area contributed by atoms with Crippen molar-refractivity contribution in [2.24, 2.45) is 5.73 Å². The first kappa shape index (κ1) is 56.5. The summed E-state index contributed by atoms with van der Waals surface area (Å²) < 4.78 is 46.6. The van der Waals surface area contributed by atoms with Crippen LogP contribution in [0.25, 0.3) is 0 Å². The first-order valence-electron chi connectivity index (χ1n) is 22.4. The minimum absolute atomic E-state index is 0.0703. The minimum atomic E-state index is -1.86. The van der Waals surface area contributed by atoms with Gasteiger partial charge in [0.25, 0.3) is 0 Å². The second kappa shape index (κ2) is 22.5. The molecule has 0 spiro atoms. The number of hydrogen-bond acceptors (Lipinski definition) is 18. The Kier molecular flexibility index (Phi) is 19.3. The van der Waals surface area contributed by atoms with Gasteiger partial charge < -0.3 is 90.2 Å². The van der Waals surface area contributed by atoms with Crippen LogP contribution < -0.4 is 27.0 Å². The van der Waals surface area contributed by atoms with Gasteiger partial charge in [-0.05, 0) is 116 Å². The second-order valence-corrected chi connectivity index (χ2v) is 21.3. The highest BCUT2D eigenvalue weighted by molar-refractivity contribution is 5.81. The van der Waals surface area contributed by atoms with Gasteiger partial charge in [0.15, 0.2) is 12.6 Å². The first-order valence-corrected chi connectivity index (χ1v) is 22.4. The fourth-order valence-electron chi connectivity index (χ4n) is 7.56. The van der Waals surface area contributed by atoms with Gasteiger partial charge in [-0.1, -0.05) is 0 Å². The third-order valence-corrected chi connectivity index (χ3v) is 10.3. The molecule has 3 aliphatic rings. The van der Waals surface area contributed by atoms with Crippen LogP contribution in [-0.2, 0) is 42.7 Å². The molecule has 0 aromatic heterocycles. The number of nitrogens with one attached hydrogen (secondary N) is 4. The van der Waals surface area contributed by atoms with Crippen LogP contribution >= 0.6 is 0 Å². The molecule has 3 fully saturated rings. The van der Waals surface area contributed by atoms with E-state index in [9.17, 15) is 44.4 Å².